The Bertz CT molecular complexity index is 554. The van der Waals surface area contributed by atoms with Gasteiger partial charge in [-0.05, 0) is 36.8 Å². The highest BCUT2D eigenvalue weighted by atomic mass is 32.2. The summed E-state index contributed by atoms with van der Waals surface area (Å²) < 4.78 is 40.3. The van der Waals surface area contributed by atoms with Crippen LogP contribution in [0, 0.1) is 12.7 Å². The molecular weight excluding hydrogens is 275 g/mol. The van der Waals surface area contributed by atoms with Gasteiger partial charge < -0.3 is 5.73 Å². The van der Waals surface area contributed by atoms with E-state index in [2.05, 4.69) is 4.72 Å². The van der Waals surface area contributed by atoms with Gasteiger partial charge in [-0.3, -0.25) is 0 Å². The van der Waals surface area contributed by atoms with Crippen LogP contribution in [0.5, 0.6) is 0 Å². The number of hydrogen-bond donors (Lipinski definition) is 2. The molecule has 0 amide bonds. The van der Waals surface area contributed by atoms with Gasteiger partial charge in [0.05, 0.1) is 0 Å². The van der Waals surface area contributed by atoms with Gasteiger partial charge in [-0.1, -0.05) is 0 Å². The molecule has 0 aromatic heterocycles. The van der Waals surface area contributed by atoms with Crippen molar-refractivity contribution in [3.05, 3.63) is 23.5 Å². The minimum atomic E-state index is -3.83. The maximum Gasteiger partial charge on any atom is 0.243 e. The number of hydrogen-bond acceptors (Lipinski definition) is 4. The Labute approximate surface area is 110 Å². The van der Waals surface area contributed by atoms with E-state index in [4.69, 9.17) is 5.73 Å². The predicted molar refractivity (Wildman–Crippen MR) is 71.6 cm³/mol. The van der Waals surface area contributed by atoms with Gasteiger partial charge in [-0.2, -0.15) is 11.8 Å². The third-order valence-corrected chi connectivity index (χ3v) is 5.56. The van der Waals surface area contributed by atoms with Crippen molar-refractivity contribution in [1.29, 1.82) is 0 Å². The summed E-state index contributed by atoms with van der Waals surface area (Å²) in [4.78, 5) is -0.373. The number of nitrogens with one attached hydrogen (secondary N) is 1. The molecule has 0 radical (unpaired) electrons. The van der Waals surface area contributed by atoms with E-state index in [1.807, 2.05) is 0 Å². The number of nitrogen functional groups attached to an aromatic ring is 1. The molecule has 18 heavy (non-hydrogen) atoms. The van der Waals surface area contributed by atoms with Gasteiger partial charge in [-0.15, -0.1) is 0 Å². The Hall–Kier alpha value is -0.790. The lowest BCUT2D eigenvalue weighted by Crippen LogP contribution is -2.35. The van der Waals surface area contributed by atoms with Crippen molar-refractivity contribution < 1.29 is 12.8 Å². The van der Waals surface area contributed by atoms with Crippen LogP contribution in [0.2, 0.25) is 0 Å². The topological polar surface area (TPSA) is 72.2 Å². The summed E-state index contributed by atoms with van der Waals surface area (Å²) in [6, 6.07) is 2.20. The van der Waals surface area contributed by atoms with Gasteiger partial charge in [-0.25, -0.2) is 17.5 Å². The summed E-state index contributed by atoms with van der Waals surface area (Å²) in [5.41, 5.74) is 6.44. The average molecular weight is 290 g/mol. The van der Waals surface area contributed by atoms with Gasteiger partial charge in [0, 0.05) is 17.5 Å². The van der Waals surface area contributed by atoms with Gasteiger partial charge >= 0.3 is 0 Å². The number of nitrogens with two attached hydrogens (primary N) is 1. The van der Waals surface area contributed by atoms with Crippen LogP contribution in [-0.4, -0.2) is 26.0 Å². The fourth-order valence-electron chi connectivity index (χ4n) is 1.78. The Morgan fingerprint density at radius 2 is 2.22 bits per heavy atom. The molecule has 1 fully saturated rings. The number of benzene rings is 1. The first-order valence-electron chi connectivity index (χ1n) is 5.56. The van der Waals surface area contributed by atoms with Crippen molar-refractivity contribution >= 4 is 27.5 Å². The highest BCUT2D eigenvalue weighted by Gasteiger charge is 2.26. The molecule has 1 aromatic carbocycles. The lowest BCUT2D eigenvalue weighted by atomic mass is 10.2. The number of aryl methyl sites for hydroxylation is 1. The van der Waals surface area contributed by atoms with Crippen molar-refractivity contribution in [1.82, 2.24) is 4.72 Å². The molecule has 1 unspecified atom stereocenters. The predicted octanol–water partition coefficient (Wildman–Crippen LogP) is 1.50. The summed E-state index contributed by atoms with van der Waals surface area (Å²) in [6.45, 7) is 1.63. The Kier molecular flexibility index (Phi) is 3.84. The maximum absolute atomic E-state index is 13.7. The highest BCUT2D eigenvalue weighted by Crippen LogP contribution is 2.24. The molecule has 1 aliphatic rings. The maximum atomic E-state index is 13.7. The van der Waals surface area contributed by atoms with Crippen LogP contribution < -0.4 is 10.5 Å². The second kappa shape index (κ2) is 5.07. The van der Waals surface area contributed by atoms with Gasteiger partial charge in [0.1, 0.15) is 10.7 Å². The third kappa shape index (κ3) is 2.78. The monoisotopic (exact) mass is 290 g/mol. The van der Waals surface area contributed by atoms with E-state index in [-0.39, 0.29) is 16.6 Å². The molecule has 1 aliphatic heterocycles. The van der Waals surface area contributed by atoms with Crippen LogP contribution in [0.25, 0.3) is 0 Å². The largest absolute Gasteiger partial charge is 0.398 e. The van der Waals surface area contributed by atoms with E-state index in [9.17, 15) is 12.8 Å². The third-order valence-electron chi connectivity index (χ3n) is 2.86. The number of sulfonamides is 1. The van der Waals surface area contributed by atoms with Crippen molar-refractivity contribution in [2.45, 2.75) is 24.3 Å². The number of thioether (sulfide) groups is 1. The molecule has 0 saturated carbocycles. The zero-order chi connectivity index (χ0) is 13.3. The van der Waals surface area contributed by atoms with Crippen LogP contribution in [-0.2, 0) is 10.0 Å². The summed E-state index contributed by atoms with van der Waals surface area (Å²) >= 11 is 1.68. The lowest BCUT2D eigenvalue weighted by Gasteiger charge is -2.13. The van der Waals surface area contributed by atoms with E-state index in [1.54, 1.807) is 18.7 Å². The normalized spacial score (nSPS) is 20.2. The number of rotatable bonds is 3. The number of halogens is 1. The minimum Gasteiger partial charge on any atom is -0.398 e. The van der Waals surface area contributed by atoms with Crippen LogP contribution in [0.3, 0.4) is 0 Å². The van der Waals surface area contributed by atoms with Crippen LogP contribution in [0.4, 0.5) is 10.1 Å². The molecule has 0 bridgehead atoms. The fraction of sp³-hybridized carbons (Fsp3) is 0.455. The molecule has 2 rings (SSSR count). The summed E-state index contributed by atoms with van der Waals surface area (Å²) in [5, 5.41) is 0. The van der Waals surface area contributed by atoms with Gasteiger partial charge in [0.25, 0.3) is 0 Å². The Morgan fingerprint density at radius 3 is 2.83 bits per heavy atom. The minimum absolute atomic E-state index is 0.123. The van der Waals surface area contributed by atoms with Crippen LogP contribution in [0.15, 0.2) is 17.0 Å². The highest BCUT2D eigenvalue weighted by molar-refractivity contribution is 7.99. The van der Waals surface area contributed by atoms with Crippen molar-refractivity contribution in [3.8, 4) is 0 Å². The lowest BCUT2D eigenvalue weighted by molar-refractivity contribution is 0.544. The first-order chi connectivity index (χ1) is 8.40. The fourth-order valence-corrected chi connectivity index (χ4v) is 4.41. The summed E-state index contributed by atoms with van der Waals surface area (Å²) in [6.07, 6.45) is 0.771. The molecule has 1 atom stereocenters. The van der Waals surface area contributed by atoms with Crippen LogP contribution >= 0.6 is 11.8 Å². The Morgan fingerprint density at radius 1 is 1.50 bits per heavy atom. The van der Waals surface area contributed by atoms with Crippen molar-refractivity contribution in [2.24, 2.45) is 0 Å². The SMILES string of the molecule is Cc1cc(F)c(S(=O)(=O)NC2CCSC2)cc1N. The zero-order valence-corrected chi connectivity index (χ0v) is 11.6. The molecule has 7 heteroatoms. The van der Waals surface area contributed by atoms with Gasteiger partial charge in [0.15, 0.2) is 0 Å². The molecule has 1 saturated heterocycles. The van der Waals surface area contributed by atoms with E-state index < -0.39 is 15.8 Å². The second-order valence-electron chi connectivity index (χ2n) is 4.32. The molecule has 0 aliphatic carbocycles. The summed E-state index contributed by atoms with van der Waals surface area (Å²) in [5.74, 6) is 0.883. The van der Waals surface area contributed by atoms with E-state index >= 15 is 0 Å². The molecule has 1 heterocycles. The average Bonchev–Trinajstić information content (AvgIpc) is 2.75. The van der Waals surface area contributed by atoms with Crippen molar-refractivity contribution in [3.63, 3.8) is 0 Å². The molecule has 4 nitrogen and oxygen atoms in total. The quantitative estimate of drug-likeness (QED) is 0.828. The molecule has 0 spiro atoms. The molecule has 3 N–H and O–H groups in total. The first-order valence-corrected chi connectivity index (χ1v) is 8.19. The Balaban J connectivity index is 2.31. The number of anilines is 1. The zero-order valence-electron chi connectivity index (χ0n) is 9.94. The van der Waals surface area contributed by atoms with Crippen molar-refractivity contribution in [2.75, 3.05) is 17.2 Å². The smallest absolute Gasteiger partial charge is 0.243 e. The standard InChI is InChI=1S/C11H15FN2O2S2/c1-7-4-9(12)11(5-10(7)13)18(15,16)14-8-2-3-17-6-8/h4-5,8,14H,2-3,6,13H2,1H3. The summed E-state index contributed by atoms with van der Waals surface area (Å²) in [7, 11) is -3.83. The van der Waals surface area contributed by atoms with Crippen LogP contribution in [0.1, 0.15) is 12.0 Å². The first kappa shape index (κ1) is 13.6. The van der Waals surface area contributed by atoms with E-state index in [0.717, 1.165) is 24.0 Å². The molecule has 1 aromatic rings. The van der Waals surface area contributed by atoms with Gasteiger partial charge in [0.2, 0.25) is 10.0 Å². The molecular formula is C11H15FN2O2S2. The van der Waals surface area contributed by atoms with E-state index in [0.29, 0.717) is 5.56 Å². The van der Waals surface area contributed by atoms with E-state index in [1.165, 1.54) is 6.07 Å². The molecule has 100 valence electrons. The second-order valence-corrected chi connectivity index (χ2v) is 7.15.